The van der Waals surface area contributed by atoms with Gasteiger partial charge in [0.25, 0.3) is 0 Å². The molecular weight excluding hydrogens is 568 g/mol. The minimum atomic E-state index is -0.581. The second-order valence-electron chi connectivity index (χ2n) is 11.8. The van der Waals surface area contributed by atoms with Crippen molar-refractivity contribution in [3.8, 4) is 11.5 Å². The maximum atomic E-state index is 12.2. The van der Waals surface area contributed by atoms with Crippen molar-refractivity contribution >= 4 is 28.7 Å². The third-order valence-electron chi connectivity index (χ3n) is 8.93. The number of likely N-dealkylation sites (tertiary alicyclic amines) is 1. The van der Waals surface area contributed by atoms with E-state index < -0.39 is 11.6 Å². The number of nitrogens with zero attached hydrogens (tertiary/aromatic N) is 4. The lowest BCUT2D eigenvalue weighted by atomic mass is 9.88. The molecule has 9 nitrogen and oxygen atoms in total. The van der Waals surface area contributed by atoms with Gasteiger partial charge in [0.2, 0.25) is 0 Å². The molecule has 0 amide bonds. The average Bonchev–Trinajstić information content (AvgIpc) is 3.34. The summed E-state index contributed by atoms with van der Waals surface area (Å²) in [6, 6.07) is 17.5. The minimum absolute atomic E-state index is 0.137. The summed E-state index contributed by atoms with van der Waals surface area (Å²) in [6.45, 7) is 6.50. The van der Waals surface area contributed by atoms with Crippen molar-refractivity contribution in [2.24, 2.45) is 0 Å². The van der Waals surface area contributed by atoms with Crippen LogP contribution in [0.2, 0.25) is 5.02 Å². The highest BCUT2D eigenvalue weighted by atomic mass is 35.5. The molecule has 0 saturated carbocycles. The fourth-order valence-corrected chi connectivity index (χ4v) is 6.46. The van der Waals surface area contributed by atoms with Crippen molar-refractivity contribution in [2.45, 2.75) is 56.9 Å². The zero-order valence-corrected chi connectivity index (χ0v) is 25.2. The number of methoxy groups -OCH3 is 1. The molecule has 7 rings (SSSR count). The van der Waals surface area contributed by atoms with E-state index in [1.807, 2.05) is 36.4 Å². The standard InChI is InChI=1S/C33H35ClN4O5/c1-33(22-6-8-23(34)9-7-22)20-42-30-25(4-3-5-28(30)43-33)21-12-15-37(16-13-21)19-29-35-26-10-11-27(32(39)40-2)36-31(26)38(29)18-24-14-17-41-24/h3-11,21,24H,12-20H2,1-2H3. The first-order chi connectivity index (χ1) is 20.9. The zero-order valence-electron chi connectivity index (χ0n) is 24.4. The van der Waals surface area contributed by atoms with Crippen molar-refractivity contribution in [3.63, 3.8) is 0 Å². The Labute approximate surface area is 255 Å². The number of carbonyl (C=O) groups is 1. The minimum Gasteiger partial charge on any atom is -0.485 e. The molecule has 43 heavy (non-hydrogen) atoms. The van der Waals surface area contributed by atoms with Crippen LogP contribution in [0.3, 0.4) is 0 Å². The van der Waals surface area contributed by atoms with Gasteiger partial charge in [0.15, 0.2) is 28.4 Å². The Morgan fingerprint density at radius 2 is 1.86 bits per heavy atom. The van der Waals surface area contributed by atoms with E-state index in [0.717, 1.165) is 67.4 Å². The van der Waals surface area contributed by atoms with Crippen LogP contribution in [0.1, 0.15) is 59.5 Å². The Kier molecular flexibility index (Phi) is 7.49. The number of carbonyl (C=O) groups excluding carboxylic acids is 1. The van der Waals surface area contributed by atoms with Gasteiger partial charge in [-0.15, -0.1) is 0 Å². The summed E-state index contributed by atoms with van der Waals surface area (Å²) in [5, 5.41) is 0.701. The molecule has 5 heterocycles. The summed E-state index contributed by atoms with van der Waals surface area (Å²) in [5.41, 5.74) is 3.42. The van der Waals surface area contributed by atoms with Crippen LogP contribution in [0.15, 0.2) is 54.6 Å². The molecule has 10 heteroatoms. The third kappa shape index (κ3) is 5.46. The van der Waals surface area contributed by atoms with Gasteiger partial charge in [-0.2, -0.15) is 0 Å². The molecule has 224 valence electrons. The van der Waals surface area contributed by atoms with E-state index >= 15 is 0 Å². The fraction of sp³-hybridized carbons (Fsp3) is 0.424. The lowest BCUT2D eigenvalue weighted by Crippen LogP contribution is -2.40. The summed E-state index contributed by atoms with van der Waals surface area (Å²) in [5.74, 6) is 2.51. The monoisotopic (exact) mass is 602 g/mol. The van der Waals surface area contributed by atoms with Crippen molar-refractivity contribution in [1.82, 2.24) is 19.4 Å². The average molecular weight is 603 g/mol. The number of halogens is 1. The number of pyridine rings is 1. The van der Waals surface area contributed by atoms with Crippen LogP contribution >= 0.6 is 11.6 Å². The first kappa shape index (κ1) is 28.1. The summed E-state index contributed by atoms with van der Waals surface area (Å²) < 4.78 is 25.7. The predicted molar refractivity (Wildman–Crippen MR) is 162 cm³/mol. The number of hydrogen-bond acceptors (Lipinski definition) is 8. The molecule has 2 saturated heterocycles. The normalized spacial score (nSPS) is 22.3. The van der Waals surface area contributed by atoms with Gasteiger partial charge in [0.05, 0.1) is 26.3 Å². The van der Waals surface area contributed by atoms with Crippen LogP contribution in [-0.2, 0) is 28.2 Å². The number of esters is 1. The van der Waals surface area contributed by atoms with Crippen LogP contribution < -0.4 is 9.47 Å². The first-order valence-electron chi connectivity index (χ1n) is 14.9. The second kappa shape index (κ2) is 11.4. The number of fused-ring (bicyclic) bond motifs is 2. The molecule has 0 bridgehead atoms. The Hall–Kier alpha value is -3.66. The van der Waals surface area contributed by atoms with E-state index in [-0.39, 0.29) is 11.8 Å². The largest absolute Gasteiger partial charge is 0.485 e. The number of para-hydroxylation sites is 1. The van der Waals surface area contributed by atoms with Crippen molar-refractivity contribution in [1.29, 1.82) is 0 Å². The molecule has 0 radical (unpaired) electrons. The highest BCUT2D eigenvalue weighted by Gasteiger charge is 2.37. The Balaban J connectivity index is 1.06. The topological polar surface area (TPSA) is 87.9 Å². The highest BCUT2D eigenvalue weighted by molar-refractivity contribution is 6.30. The van der Waals surface area contributed by atoms with Gasteiger partial charge in [-0.25, -0.2) is 14.8 Å². The van der Waals surface area contributed by atoms with Gasteiger partial charge in [-0.05, 0) is 81.1 Å². The van der Waals surface area contributed by atoms with E-state index in [1.165, 1.54) is 12.7 Å². The maximum absolute atomic E-state index is 12.2. The van der Waals surface area contributed by atoms with Crippen LogP contribution in [0, 0.1) is 0 Å². The van der Waals surface area contributed by atoms with Crippen LogP contribution in [0.25, 0.3) is 11.2 Å². The Morgan fingerprint density at radius 3 is 2.58 bits per heavy atom. The van der Waals surface area contributed by atoms with Crippen molar-refractivity contribution in [2.75, 3.05) is 33.4 Å². The third-order valence-corrected chi connectivity index (χ3v) is 9.18. The molecule has 0 N–H and O–H groups in total. The van der Waals surface area contributed by atoms with Crippen molar-refractivity contribution in [3.05, 3.63) is 82.3 Å². The summed E-state index contributed by atoms with van der Waals surface area (Å²) in [7, 11) is 1.37. The fourth-order valence-electron chi connectivity index (χ4n) is 6.33. The van der Waals surface area contributed by atoms with Gasteiger partial charge in [0.1, 0.15) is 17.9 Å². The summed E-state index contributed by atoms with van der Waals surface area (Å²) >= 11 is 6.11. The number of ether oxygens (including phenoxy) is 4. The lowest BCUT2D eigenvalue weighted by molar-refractivity contribution is -0.0593. The quantitative estimate of drug-likeness (QED) is 0.248. The predicted octanol–water partition coefficient (Wildman–Crippen LogP) is 5.73. The van der Waals surface area contributed by atoms with E-state index in [4.69, 9.17) is 35.5 Å². The number of hydrogen-bond donors (Lipinski definition) is 0. The molecular formula is C33H35ClN4O5. The summed E-state index contributed by atoms with van der Waals surface area (Å²) in [6.07, 6.45) is 3.15. The Bertz CT molecular complexity index is 1650. The zero-order chi connectivity index (χ0) is 29.6. The molecule has 3 aliphatic heterocycles. The van der Waals surface area contributed by atoms with Gasteiger partial charge in [-0.3, -0.25) is 4.90 Å². The van der Waals surface area contributed by atoms with E-state index in [0.29, 0.717) is 36.3 Å². The number of imidazole rings is 1. The van der Waals surface area contributed by atoms with E-state index in [1.54, 1.807) is 6.07 Å². The molecule has 2 atom stereocenters. The molecule has 0 aliphatic carbocycles. The van der Waals surface area contributed by atoms with Gasteiger partial charge >= 0.3 is 5.97 Å². The molecule has 3 aliphatic rings. The molecule has 4 aromatic rings. The van der Waals surface area contributed by atoms with Crippen LogP contribution in [0.5, 0.6) is 11.5 Å². The number of aromatic nitrogens is 3. The van der Waals surface area contributed by atoms with Crippen LogP contribution in [-0.4, -0.2) is 64.9 Å². The second-order valence-corrected chi connectivity index (χ2v) is 12.2. The SMILES string of the molecule is COC(=O)c1ccc2nc(CN3CCC(c4cccc5c4OCC(C)(c4ccc(Cl)cc4)O5)CC3)n(CC3CCO3)c2n1. The Morgan fingerprint density at radius 1 is 1.07 bits per heavy atom. The van der Waals surface area contributed by atoms with Gasteiger partial charge < -0.3 is 23.5 Å². The number of rotatable bonds is 7. The molecule has 2 aromatic carbocycles. The van der Waals surface area contributed by atoms with Crippen molar-refractivity contribution < 1.29 is 23.7 Å². The lowest BCUT2D eigenvalue weighted by Gasteiger charge is -2.38. The molecule has 2 aromatic heterocycles. The van der Waals surface area contributed by atoms with Gasteiger partial charge in [-0.1, -0.05) is 35.9 Å². The van der Waals surface area contributed by atoms with Crippen LogP contribution in [0.4, 0.5) is 0 Å². The highest BCUT2D eigenvalue weighted by Crippen LogP contribution is 2.46. The number of benzene rings is 2. The van der Waals surface area contributed by atoms with E-state index in [9.17, 15) is 4.79 Å². The molecule has 2 fully saturated rings. The smallest absolute Gasteiger partial charge is 0.356 e. The molecule has 0 spiro atoms. The first-order valence-corrected chi connectivity index (χ1v) is 15.3. The summed E-state index contributed by atoms with van der Waals surface area (Å²) in [4.78, 5) is 24.2. The van der Waals surface area contributed by atoms with E-state index in [2.05, 4.69) is 33.5 Å². The molecule has 2 unspecified atom stereocenters. The number of piperidine rings is 1. The van der Waals surface area contributed by atoms with Gasteiger partial charge in [0, 0.05) is 17.2 Å². The maximum Gasteiger partial charge on any atom is 0.356 e.